The summed E-state index contributed by atoms with van der Waals surface area (Å²) in [6.45, 7) is 4.50. The second-order valence-corrected chi connectivity index (χ2v) is 13.3. The lowest BCUT2D eigenvalue weighted by atomic mass is 9.84. The zero-order chi connectivity index (χ0) is 28.9. The zero-order valence-corrected chi connectivity index (χ0v) is 29.0. The number of nitrogens with zero attached hydrogens (tertiary/aromatic N) is 1. The Bertz CT molecular complexity index is 1100. The maximum absolute atomic E-state index is 12.6. The van der Waals surface area contributed by atoms with Crippen LogP contribution in [0.5, 0.6) is 11.5 Å². The van der Waals surface area contributed by atoms with Crippen LogP contribution in [0.25, 0.3) is 0 Å². The van der Waals surface area contributed by atoms with Gasteiger partial charge in [-0.05, 0) is 30.7 Å². The van der Waals surface area contributed by atoms with Gasteiger partial charge >= 0.3 is 5.97 Å². The molecule has 0 spiro atoms. The Morgan fingerprint density at radius 3 is 1.93 bits per heavy atom. The van der Waals surface area contributed by atoms with Gasteiger partial charge in [-0.3, -0.25) is 9.28 Å². The molecule has 0 aromatic heterocycles. The van der Waals surface area contributed by atoms with Gasteiger partial charge < -0.3 is 33.5 Å². The number of halogens is 2. The predicted octanol–water partition coefficient (Wildman–Crippen LogP) is 7.54. The molecule has 0 aliphatic carbocycles. The first-order valence-corrected chi connectivity index (χ1v) is 16.9. The lowest BCUT2D eigenvalue weighted by Crippen LogP contribution is -3.00. The van der Waals surface area contributed by atoms with E-state index in [1.54, 1.807) is 0 Å². The SMILES string of the molecule is CCCCCCCCCCCCCCCCCC(=O)OC[N+]1(C)CC2c3ccccc3Oc3ccc(Cl)cc3C2C1.[I-]. The third-order valence-electron chi connectivity index (χ3n) is 9.19. The fraction of sp³-hybridized carbons (Fsp3) is 0.639. The summed E-state index contributed by atoms with van der Waals surface area (Å²) >= 11 is 6.41. The van der Waals surface area contributed by atoms with Gasteiger partial charge in [0.15, 0.2) is 0 Å². The van der Waals surface area contributed by atoms with Gasteiger partial charge in [-0.1, -0.05) is 127 Å². The van der Waals surface area contributed by atoms with Gasteiger partial charge in [0.1, 0.15) is 11.5 Å². The van der Waals surface area contributed by atoms with Crippen LogP contribution >= 0.6 is 11.6 Å². The average molecular weight is 710 g/mol. The van der Waals surface area contributed by atoms with Crippen LogP contribution in [0, 0.1) is 0 Å². The summed E-state index contributed by atoms with van der Waals surface area (Å²) in [4.78, 5) is 12.6. The molecule has 3 atom stereocenters. The van der Waals surface area contributed by atoms with Crippen molar-refractivity contribution in [1.82, 2.24) is 0 Å². The van der Waals surface area contributed by atoms with Crippen molar-refractivity contribution in [2.75, 3.05) is 26.9 Å². The first-order valence-electron chi connectivity index (χ1n) is 16.5. The van der Waals surface area contributed by atoms with Crippen LogP contribution < -0.4 is 28.7 Å². The number of fused-ring (bicyclic) bond motifs is 5. The van der Waals surface area contributed by atoms with Crippen molar-refractivity contribution in [2.45, 2.75) is 121 Å². The Balaban J connectivity index is 0.00000484. The molecular formula is C36H53ClINO3. The molecule has 3 unspecified atom stereocenters. The fourth-order valence-electron chi connectivity index (χ4n) is 6.86. The molecular weight excluding hydrogens is 657 g/mol. The Morgan fingerprint density at radius 2 is 1.31 bits per heavy atom. The number of esters is 1. The number of hydrogen-bond donors (Lipinski definition) is 0. The number of ether oxygens (including phenoxy) is 2. The summed E-state index contributed by atoms with van der Waals surface area (Å²) in [7, 11) is 2.21. The van der Waals surface area contributed by atoms with Crippen molar-refractivity contribution in [3.05, 3.63) is 58.6 Å². The van der Waals surface area contributed by atoms with Crippen molar-refractivity contribution in [3.63, 3.8) is 0 Å². The van der Waals surface area contributed by atoms with E-state index < -0.39 is 0 Å². The van der Waals surface area contributed by atoms with E-state index in [0.717, 1.165) is 48.0 Å². The largest absolute Gasteiger partial charge is 1.00 e. The van der Waals surface area contributed by atoms with Gasteiger partial charge in [0.2, 0.25) is 6.73 Å². The normalized spacial score (nSPS) is 20.5. The van der Waals surface area contributed by atoms with Crippen LogP contribution in [-0.4, -0.2) is 37.3 Å². The number of carbonyl (C=O) groups excluding carboxylic acids is 1. The molecule has 1 fully saturated rings. The topological polar surface area (TPSA) is 35.5 Å². The van der Waals surface area contributed by atoms with Crippen molar-refractivity contribution < 1.29 is 42.7 Å². The van der Waals surface area contributed by atoms with Crippen molar-refractivity contribution in [3.8, 4) is 11.5 Å². The van der Waals surface area contributed by atoms with E-state index in [-0.39, 0.29) is 35.9 Å². The molecule has 4 rings (SSSR count). The molecule has 2 aliphatic rings. The number of rotatable bonds is 18. The average Bonchev–Trinajstić information content (AvgIpc) is 3.27. The van der Waals surface area contributed by atoms with Crippen LogP contribution in [0.15, 0.2) is 42.5 Å². The quantitative estimate of drug-likeness (QED) is 0.0695. The van der Waals surface area contributed by atoms with Crippen LogP contribution in [0.4, 0.5) is 0 Å². The smallest absolute Gasteiger partial charge is 0.310 e. The number of benzene rings is 2. The first kappa shape index (κ1) is 35.2. The summed E-state index contributed by atoms with van der Waals surface area (Å²) in [5.41, 5.74) is 2.39. The highest BCUT2D eigenvalue weighted by Gasteiger charge is 2.48. The van der Waals surface area contributed by atoms with Crippen molar-refractivity contribution in [1.29, 1.82) is 0 Å². The van der Waals surface area contributed by atoms with Crippen LogP contribution in [-0.2, 0) is 9.53 Å². The summed E-state index contributed by atoms with van der Waals surface area (Å²) in [5.74, 6) is 2.31. The van der Waals surface area contributed by atoms with Gasteiger partial charge in [-0.25, -0.2) is 0 Å². The third kappa shape index (κ3) is 10.7. The number of likely N-dealkylation sites (N-methyl/N-ethyl adjacent to an activating group) is 1. The Morgan fingerprint density at radius 1 is 0.786 bits per heavy atom. The van der Waals surface area contributed by atoms with Crippen molar-refractivity contribution in [2.24, 2.45) is 0 Å². The van der Waals surface area contributed by atoms with E-state index in [0.29, 0.717) is 23.6 Å². The molecule has 0 bridgehead atoms. The summed E-state index contributed by atoms with van der Waals surface area (Å²) in [6, 6.07) is 14.3. The van der Waals surface area contributed by atoms with E-state index in [1.807, 2.05) is 18.2 Å². The van der Waals surface area contributed by atoms with Crippen LogP contribution in [0.3, 0.4) is 0 Å². The monoisotopic (exact) mass is 709 g/mol. The van der Waals surface area contributed by atoms with Gasteiger partial charge in [-0.15, -0.1) is 0 Å². The lowest BCUT2D eigenvalue weighted by molar-refractivity contribution is -0.915. The molecule has 0 radical (unpaired) electrons. The number of carbonyl (C=O) groups is 1. The molecule has 234 valence electrons. The maximum Gasteiger partial charge on any atom is 0.310 e. The van der Waals surface area contributed by atoms with Gasteiger partial charge in [0.25, 0.3) is 0 Å². The van der Waals surface area contributed by atoms with E-state index >= 15 is 0 Å². The molecule has 0 amide bonds. The minimum Gasteiger partial charge on any atom is -1.00 e. The highest BCUT2D eigenvalue weighted by molar-refractivity contribution is 6.30. The minimum absolute atomic E-state index is 0. The Hall–Kier alpha value is -1.31. The first-order chi connectivity index (χ1) is 20.0. The highest BCUT2D eigenvalue weighted by atomic mass is 127. The third-order valence-corrected chi connectivity index (χ3v) is 9.43. The second-order valence-electron chi connectivity index (χ2n) is 12.9. The van der Waals surface area contributed by atoms with Gasteiger partial charge in [0.05, 0.1) is 20.1 Å². The van der Waals surface area contributed by atoms with E-state index in [9.17, 15) is 4.79 Å². The summed E-state index contributed by atoms with van der Waals surface area (Å²) < 4.78 is 12.9. The molecule has 2 aliphatic heterocycles. The molecule has 0 N–H and O–H groups in total. The van der Waals surface area contributed by atoms with Crippen molar-refractivity contribution >= 4 is 17.6 Å². The Kier molecular flexibility index (Phi) is 15.5. The van der Waals surface area contributed by atoms with E-state index in [2.05, 4.69) is 38.2 Å². The second kappa shape index (κ2) is 18.5. The summed E-state index contributed by atoms with van der Waals surface area (Å²) in [6.07, 6.45) is 20.4. The maximum atomic E-state index is 12.6. The number of hydrogen-bond acceptors (Lipinski definition) is 3. The number of quaternary nitrogens is 1. The lowest BCUT2D eigenvalue weighted by Gasteiger charge is -2.29. The molecule has 6 heteroatoms. The van der Waals surface area contributed by atoms with Crippen LogP contribution in [0.1, 0.15) is 133 Å². The van der Waals surface area contributed by atoms with Gasteiger partial charge in [0, 0.05) is 34.4 Å². The molecule has 42 heavy (non-hydrogen) atoms. The summed E-state index contributed by atoms with van der Waals surface area (Å²) in [5, 5.41) is 0.730. The molecule has 1 saturated heterocycles. The molecule has 2 aromatic rings. The molecule has 0 saturated carbocycles. The van der Waals surface area contributed by atoms with E-state index in [1.165, 1.54) is 89.0 Å². The predicted molar refractivity (Wildman–Crippen MR) is 170 cm³/mol. The molecule has 2 aromatic carbocycles. The number of para-hydroxylation sites is 1. The highest BCUT2D eigenvalue weighted by Crippen LogP contribution is 2.51. The fourth-order valence-corrected chi connectivity index (χ4v) is 7.04. The number of unbranched alkanes of at least 4 members (excludes halogenated alkanes) is 14. The zero-order valence-electron chi connectivity index (χ0n) is 26.1. The Labute approximate surface area is 277 Å². The van der Waals surface area contributed by atoms with Gasteiger partial charge in [-0.2, -0.15) is 0 Å². The van der Waals surface area contributed by atoms with E-state index in [4.69, 9.17) is 21.1 Å². The minimum atomic E-state index is -0.0571. The standard InChI is InChI=1S/C36H53ClNO3.HI/c1-3-4-5-6-7-8-9-10-11-12-13-14-15-16-17-22-36(39)40-28-38(2)26-32-30-20-18-19-21-34(30)41-35-24-23-29(37)25-31(35)33(32)27-38;/h18-21,23-25,32-33H,3-17,22,26-28H2,1-2H3;1H/q+1;/p-1. The molecule has 2 heterocycles. The van der Waals surface area contributed by atoms with Crippen LogP contribution in [0.2, 0.25) is 5.02 Å². The molecule has 4 nitrogen and oxygen atoms in total. The number of likely N-dealkylation sites (tertiary alicyclic amines) is 1.